The van der Waals surface area contributed by atoms with Crippen molar-refractivity contribution in [3.8, 4) is 17.5 Å². The molecule has 1 fully saturated rings. The number of halogens is 1. The molecule has 2 aromatic rings. The molecule has 1 atom stereocenters. The Bertz CT molecular complexity index is 769. The van der Waals surface area contributed by atoms with Gasteiger partial charge in [-0.3, -0.25) is 14.6 Å². The fourth-order valence-electron chi connectivity index (χ4n) is 2.66. The van der Waals surface area contributed by atoms with Crippen LogP contribution >= 0.6 is 22.9 Å². The Balaban J connectivity index is 1.80. The van der Waals surface area contributed by atoms with Crippen LogP contribution in [0.25, 0.3) is 11.3 Å². The second-order valence-electron chi connectivity index (χ2n) is 5.37. The van der Waals surface area contributed by atoms with Gasteiger partial charge in [-0.1, -0.05) is 23.7 Å². The summed E-state index contributed by atoms with van der Waals surface area (Å²) < 4.78 is 0. The number of hydrogen-bond donors (Lipinski definition) is 0. The van der Waals surface area contributed by atoms with Gasteiger partial charge >= 0.3 is 0 Å². The van der Waals surface area contributed by atoms with E-state index in [1.54, 1.807) is 16.8 Å². The largest absolute Gasteiger partial charge is 0.298 e. The lowest BCUT2D eigenvalue weighted by Gasteiger charge is -2.22. The molecule has 0 bridgehead atoms. The van der Waals surface area contributed by atoms with Crippen molar-refractivity contribution >= 4 is 34.0 Å². The number of benzene rings is 1. The molecule has 0 unspecified atom stereocenters. The number of nitriles is 1. The number of aromatic nitrogens is 1. The Morgan fingerprint density at radius 2 is 2.39 bits per heavy atom. The summed E-state index contributed by atoms with van der Waals surface area (Å²) in [7, 11) is 1.71. The summed E-state index contributed by atoms with van der Waals surface area (Å²) in [4.78, 5) is 20.2. The van der Waals surface area contributed by atoms with Crippen LogP contribution in [0.5, 0.6) is 0 Å². The summed E-state index contributed by atoms with van der Waals surface area (Å²) in [5.41, 5.74) is 1.70. The third kappa shape index (κ3) is 3.16. The van der Waals surface area contributed by atoms with E-state index >= 15 is 0 Å². The van der Waals surface area contributed by atoms with E-state index < -0.39 is 0 Å². The Labute approximate surface area is 143 Å². The van der Waals surface area contributed by atoms with E-state index in [0.717, 1.165) is 17.7 Å². The molecule has 3 rings (SSSR count). The SMILES string of the molecule is CN(C(=O)[C@@H]1CCCN1C#N)c1nc(-c2cccc(Cl)c2)cs1. The second-order valence-corrected chi connectivity index (χ2v) is 6.65. The van der Waals surface area contributed by atoms with E-state index in [4.69, 9.17) is 16.9 Å². The third-order valence-electron chi connectivity index (χ3n) is 3.90. The Morgan fingerprint density at radius 1 is 1.57 bits per heavy atom. The Kier molecular flexibility index (Phi) is 4.51. The number of rotatable bonds is 3. The van der Waals surface area contributed by atoms with E-state index in [-0.39, 0.29) is 11.9 Å². The predicted octanol–water partition coefficient (Wildman–Crippen LogP) is 3.37. The van der Waals surface area contributed by atoms with E-state index in [1.165, 1.54) is 11.3 Å². The molecule has 118 valence electrons. The van der Waals surface area contributed by atoms with Crippen LogP contribution in [0.4, 0.5) is 5.13 Å². The van der Waals surface area contributed by atoms with Gasteiger partial charge in [0.05, 0.1) is 5.69 Å². The Morgan fingerprint density at radius 3 is 3.13 bits per heavy atom. The van der Waals surface area contributed by atoms with Gasteiger partial charge in [0.2, 0.25) is 0 Å². The molecule has 1 aliphatic rings. The number of likely N-dealkylation sites (N-methyl/N-ethyl adjacent to an activating group) is 1. The minimum atomic E-state index is -0.372. The summed E-state index contributed by atoms with van der Waals surface area (Å²) in [5.74, 6) is -0.0870. The smallest absolute Gasteiger partial charge is 0.251 e. The summed E-state index contributed by atoms with van der Waals surface area (Å²) in [6.07, 6.45) is 3.67. The molecular formula is C16H15ClN4OS. The summed E-state index contributed by atoms with van der Waals surface area (Å²) >= 11 is 7.41. The number of carbonyl (C=O) groups is 1. The van der Waals surface area contributed by atoms with Crippen molar-refractivity contribution in [1.82, 2.24) is 9.88 Å². The van der Waals surface area contributed by atoms with Crippen molar-refractivity contribution in [2.75, 3.05) is 18.5 Å². The molecule has 1 amide bonds. The topological polar surface area (TPSA) is 60.2 Å². The van der Waals surface area contributed by atoms with Crippen molar-refractivity contribution < 1.29 is 4.79 Å². The van der Waals surface area contributed by atoms with E-state index in [1.807, 2.05) is 29.6 Å². The molecule has 2 heterocycles. The number of thiazole rings is 1. The first-order chi connectivity index (χ1) is 11.1. The van der Waals surface area contributed by atoms with Crippen LogP contribution in [0.3, 0.4) is 0 Å². The molecule has 0 aliphatic carbocycles. The van der Waals surface area contributed by atoms with Gasteiger partial charge in [0, 0.05) is 29.6 Å². The normalized spacial score (nSPS) is 17.1. The number of carbonyl (C=O) groups excluding carboxylic acids is 1. The van der Waals surface area contributed by atoms with E-state index in [2.05, 4.69) is 11.2 Å². The maximum Gasteiger partial charge on any atom is 0.251 e. The first-order valence-corrected chi connectivity index (χ1v) is 8.51. The lowest BCUT2D eigenvalue weighted by molar-refractivity contribution is -0.121. The molecule has 0 spiro atoms. The molecular weight excluding hydrogens is 332 g/mol. The maximum absolute atomic E-state index is 12.6. The number of hydrogen-bond acceptors (Lipinski definition) is 5. The van der Waals surface area contributed by atoms with Gasteiger partial charge < -0.3 is 0 Å². The Hall–Kier alpha value is -2.10. The van der Waals surface area contributed by atoms with Crippen molar-refractivity contribution in [1.29, 1.82) is 5.26 Å². The second kappa shape index (κ2) is 6.57. The first kappa shape index (κ1) is 15.8. The highest BCUT2D eigenvalue weighted by Crippen LogP contribution is 2.29. The minimum Gasteiger partial charge on any atom is -0.298 e. The average Bonchev–Trinajstić information content (AvgIpc) is 3.22. The van der Waals surface area contributed by atoms with E-state index in [0.29, 0.717) is 23.1 Å². The molecule has 0 saturated carbocycles. The highest BCUT2D eigenvalue weighted by atomic mass is 35.5. The van der Waals surface area contributed by atoms with Crippen LogP contribution in [0.15, 0.2) is 29.6 Å². The van der Waals surface area contributed by atoms with Gasteiger partial charge in [0.15, 0.2) is 11.3 Å². The lowest BCUT2D eigenvalue weighted by atomic mass is 10.2. The van der Waals surface area contributed by atoms with Gasteiger partial charge in [-0.25, -0.2) is 4.98 Å². The maximum atomic E-state index is 12.6. The standard InChI is InChI=1S/C16H15ClN4OS/c1-20(15(22)14-6-3-7-21(14)10-18)16-19-13(9-23-16)11-4-2-5-12(17)8-11/h2,4-5,8-9,14H,3,6-7H2,1H3/t14-/m0/s1. The van der Waals surface area contributed by atoms with Crippen molar-refractivity contribution in [3.63, 3.8) is 0 Å². The molecule has 5 nitrogen and oxygen atoms in total. The van der Waals surface area contributed by atoms with E-state index in [9.17, 15) is 4.79 Å². The number of amides is 1. The van der Waals surface area contributed by atoms with Crippen LogP contribution in [-0.2, 0) is 4.79 Å². The zero-order chi connectivity index (χ0) is 16.4. The van der Waals surface area contributed by atoms with Gasteiger partial charge in [-0.2, -0.15) is 5.26 Å². The van der Waals surface area contributed by atoms with Crippen molar-refractivity contribution in [3.05, 3.63) is 34.7 Å². The van der Waals surface area contributed by atoms with Crippen LogP contribution in [0.1, 0.15) is 12.8 Å². The van der Waals surface area contributed by atoms with Crippen LogP contribution in [-0.4, -0.2) is 35.4 Å². The van der Waals surface area contributed by atoms with Gasteiger partial charge in [-0.15, -0.1) is 11.3 Å². The van der Waals surface area contributed by atoms with Gasteiger partial charge in [0.25, 0.3) is 5.91 Å². The number of anilines is 1. The predicted molar refractivity (Wildman–Crippen MR) is 91.3 cm³/mol. The fraction of sp³-hybridized carbons (Fsp3) is 0.312. The molecule has 1 aliphatic heterocycles. The first-order valence-electron chi connectivity index (χ1n) is 7.25. The van der Waals surface area contributed by atoms with Crippen molar-refractivity contribution in [2.24, 2.45) is 0 Å². The highest BCUT2D eigenvalue weighted by Gasteiger charge is 2.33. The zero-order valence-electron chi connectivity index (χ0n) is 12.6. The lowest BCUT2D eigenvalue weighted by Crippen LogP contribution is -2.42. The zero-order valence-corrected chi connectivity index (χ0v) is 14.1. The highest BCUT2D eigenvalue weighted by molar-refractivity contribution is 7.14. The van der Waals surface area contributed by atoms with Crippen molar-refractivity contribution in [2.45, 2.75) is 18.9 Å². The minimum absolute atomic E-state index is 0.0870. The van der Waals surface area contributed by atoms with Gasteiger partial charge in [0.1, 0.15) is 6.04 Å². The summed E-state index contributed by atoms with van der Waals surface area (Å²) in [6.45, 7) is 0.645. The molecule has 0 N–H and O–H groups in total. The fourth-order valence-corrected chi connectivity index (χ4v) is 3.65. The molecule has 23 heavy (non-hydrogen) atoms. The monoisotopic (exact) mass is 346 g/mol. The summed E-state index contributed by atoms with van der Waals surface area (Å²) in [5, 5.41) is 12.3. The number of nitrogens with zero attached hydrogens (tertiary/aromatic N) is 4. The molecule has 1 aromatic heterocycles. The molecule has 1 saturated heterocycles. The average molecular weight is 347 g/mol. The van der Waals surface area contributed by atoms with Crippen LogP contribution in [0.2, 0.25) is 5.02 Å². The quantitative estimate of drug-likeness (QED) is 0.799. The summed E-state index contributed by atoms with van der Waals surface area (Å²) in [6, 6.07) is 7.08. The number of likely N-dealkylation sites (tertiary alicyclic amines) is 1. The van der Waals surface area contributed by atoms with Crippen LogP contribution < -0.4 is 4.90 Å². The molecule has 0 radical (unpaired) electrons. The molecule has 1 aromatic carbocycles. The van der Waals surface area contributed by atoms with Crippen LogP contribution in [0, 0.1) is 11.5 Å². The third-order valence-corrected chi connectivity index (χ3v) is 5.05. The van der Waals surface area contributed by atoms with Gasteiger partial charge in [-0.05, 0) is 25.0 Å². The molecule has 7 heteroatoms.